The summed E-state index contributed by atoms with van der Waals surface area (Å²) >= 11 is 0. The van der Waals surface area contributed by atoms with Crippen LogP contribution in [0.2, 0.25) is 0 Å². The molecule has 4 nitrogen and oxygen atoms in total. The van der Waals surface area contributed by atoms with Gasteiger partial charge in [0.1, 0.15) is 5.75 Å². The minimum absolute atomic E-state index is 0.0563. The third-order valence-electron chi connectivity index (χ3n) is 3.86. The molecule has 0 spiro atoms. The van der Waals surface area contributed by atoms with Gasteiger partial charge in [0, 0.05) is 13.2 Å². The molecule has 0 bridgehead atoms. The van der Waals surface area contributed by atoms with Crippen molar-refractivity contribution in [1.29, 1.82) is 0 Å². The van der Waals surface area contributed by atoms with Crippen LogP contribution in [0.1, 0.15) is 43.5 Å². The highest BCUT2D eigenvalue weighted by Crippen LogP contribution is 2.22. The summed E-state index contributed by atoms with van der Waals surface area (Å²) in [5.74, 6) is 1.24. The second-order valence-corrected chi connectivity index (χ2v) is 5.55. The number of benzene rings is 1. The number of carbonyl (C=O) groups is 1. The van der Waals surface area contributed by atoms with Crippen molar-refractivity contribution in [2.45, 2.75) is 39.2 Å². The maximum absolute atomic E-state index is 12.2. The van der Waals surface area contributed by atoms with Gasteiger partial charge < -0.3 is 14.8 Å². The smallest absolute Gasteiger partial charge is 0.255 e. The second-order valence-electron chi connectivity index (χ2n) is 5.55. The zero-order chi connectivity index (χ0) is 15.1. The third kappa shape index (κ3) is 4.74. The van der Waals surface area contributed by atoms with E-state index >= 15 is 0 Å². The number of ether oxygens (including phenoxy) is 2. The Balaban J connectivity index is 1.81. The standard InChI is InChI=1S/C17H25NO3/c1-3-20-16-7-5-4-6-15(16)17(19)18-10-8-14-9-11-21-13(2)12-14/h4-7,13-14H,3,8-12H2,1-2H3,(H,18,19). The van der Waals surface area contributed by atoms with Gasteiger partial charge >= 0.3 is 0 Å². The van der Waals surface area contributed by atoms with E-state index in [4.69, 9.17) is 9.47 Å². The molecule has 0 aromatic heterocycles. The Morgan fingerprint density at radius 3 is 3.00 bits per heavy atom. The Bertz CT molecular complexity index is 461. The molecule has 1 fully saturated rings. The summed E-state index contributed by atoms with van der Waals surface area (Å²) < 4.78 is 11.0. The second kappa shape index (κ2) is 8.03. The lowest BCUT2D eigenvalue weighted by Crippen LogP contribution is -2.29. The molecule has 4 heteroatoms. The molecule has 116 valence electrons. The van der Waals surface area contributed by atoms with E-state index in [2.05, 4.69) is 12.2 Å². The Morgan fingerprint density at radius 2 is 2.24 bits per heavy atom. The summed E-state index contributed by atoms with van der Waals surface area (Å²) in [5, 5.41) is 3.00. The van der Waals surface area contributed by atoms with E-state index in [0.29, 0.717) is 36.5 Å². The average molecular weight is 291 g/mol. The summed E-state index contributed by atoms with van der Waals surface area (Å²) in [7, 11) is 0. The van der Waals surface area contributed by atoms with Crippen molar-refractivity contribution in [2.24, 2.45) is 5.92 Å². The first-order chi connectivity index (χ1) is 10.2. The lowest BCUT2D eigenvalue weighted by Gasteiger charge is -2.27. The van der Waals surface area contributed by atoms with E-state index in [1.807, 2.05) is 25.1 Å². The molecular formula is C17H25NO3. The molecule has 1 amide bonds. The monoisotopic (exact) mass is 291 g/mol. The van der Waals surface area contributed by atoms with Gasteiger partial charge in [-0.2, -0.15) is 0 Å². The molecule has 2 rings (SSSR count). The number of hydrogen-bond acceptors (Lipinski definition) is 3. The van der Waals surface area contributed by atoms with E-state index in [-0.39, 0.29) is 5.91 Å². The number of nitrogens with one attached hydrogen (secondary N) is 1. The molecule has 0 saturated carbocycles. The first-order valence-electron chi connectivity index (χ1n) is 7.82. The van der Waals surface area contributed by atoms with Crippen LogP contribution in [0, 0.1) is 5.92 Å². The lowest BCUT2D eigenvalue weighted by molar-refractivity contribution is 0.00109. The normalized spacial score (nSPS) is 21.8. The highest BCUT2D eigenvalue weighted by atomic mass is 16.5. The SMILES string of the molecule is CCOc1ccccc1C(=O)NCCC1CCOC(C)C1. The molecule has 1 aliphatic heterocycles. The van der Waals surface area contributed by atoms with E-state index in [1.165, 1.54) is 0 Å². The Morgan fingerprint density at radius 1 is 1.43 bits per heavy atom. The fourth-order valence-electron chi connectivity index (χ4n) is 2.77. The summed E-state index contributed by atoms with van der Waals surface area (Å²) in [5.41, 5.74) is 0.611. The first-order valence-corrected chi connectivity index (χ1v) is 7.82. The largest absolute Gasteiger partial charge is 0.493 e. The topological polar surface area (TPSA) is 47.6 Å². The van der Waals surface area contributed by atoms with E-state index in [1.54, 1.807) is 6.07 Å². The molecule has 0 aliphatic carbocycles. The predicted octanol–water partition coefficient (Wildman–Crippen LogP) is 3.02. The summed E-state index contributed by atoms with van der Waals surface area (Å²) in [4.78, 5) is 12.2. The number of rotatable bonds is 6. The Hall–Kier alpha value is -1.55. The van der Waals surface area contributed by atoms with Crippen LogP contribution in [-0.2, 0) is 4.74 Å². The summed E-state index contributed by atoms with van der Waals surface area (Å²) in [6.45, 7) is 6.14. The summed E-state index contributed by atoms with van der Waals surface area (Å²) in [6, 6.07) is 7.37. The van der Waals surface area contributed by atoms with Crippen LogP contribution in [-0.4, -0.2) is 31.8 Å². The van der Waals surface area contributed by atoms with Gasteiger partial charge in [-0.3, -0.25) is 4.79 Å². The molecule has 21 heavy (non-hydrogen) atoms. The zero-order valence-electron chi connectivity index (χ0n) is 12.9. The quantitative estimate of drug-likeness (QED) is 0.876. The molecule has 0 radical (unpaired) electrons. The van der Waals surface area contributed by atoms with Crippen LogP contribution < -0.4 is 10.1 Å². The molecule has 1 aliphatic rings. The van der Waals surface area contributed by atoms with Gasteiger partial charge in [0.15, 0.2) is 0 Å². The van der Waals surface area contributed by atoms with Crippen LogP contribution in [0.5, 0.6) is 5.75 Å². The van der Waals surface area contributed by atoms with Crippen LogP contribution in [0.3, 0.4) is 0 Å². The fourth-order valence-corrected chi connectivity index (χ4v) is 2.77. The van der Waals surface area contributed by atoms with Crippen LogP contribution in [0.25, 0.3) is 0 Å². The zero-order valence-corrected chi connectivity index (χ0v) is 12.9. The van der Waals surface area contributed by atoms with E-state index < -0.39 is 0 Å². The highest BCUT2D eigenvalue weighted by molar-refractivity contribution is 5.96. The predicted molar refractivity (Wildman–Crippen MR) is 82.7 cm³/mol. The Labute approximate surface area is 126 Å². The number of amides is 1. The molecule has 1 N–H and O–H groups in total. The van der Waals surface area contributed by atoms with Gasteiger partial charge in [-0.05, 0) is 51.2 Å². The molecule has 1 heterocycles. The fraction of sp³-hybridized carbons (Fsp3) is 0.588. The van der Waals surface area contributed by atoms with Gasteiger partial charge in [-0.1, -0.05) is 12.1 Å². The molecule has 1 saturated heterocycles. The maximum atomic E-state index is 12.2. The number of para-hydroxylation sites is 1. The first kappa shape index (κ1) is 15.8. The van der Waals surface area contributed by atoms with Crippen molar-refractivity contribution < 1.29 is 14.3 Å². The van der Waals surface area contributed by atoms with Gasteiger partial charge in [0.25, 0.3) is 5.91 Å². The van der Waals surface area contributed by atoms with Gasteiger partial charge in [-0.15, -0.1) is 0 Å². The molecule has 2 atom stereocenters. The molecular weight excluding hydrogens is 266 g/mol. The van der Waals surface area contributed by atoms with Gasteiger partial charge in [-0.25, -0.2) is 0 Å². The molecule has 1 aromatic carbocycles. The molecule has 1 aromatic rings. The van der Waals surface area contributed by atoms with Gasteiger partial charge in [0.2, 0.25) is 0 Å². The van der Waals surface area contributed by atoms with Crippen molar-refractivity contribution >= 4 is 5.91 Å². The minimum Gasteiger partial charge on any atom is -0.493 e. The Kier molecular flexibility index (Phi) is 6.05. The van der Waals surface area contributed by atoms with E-state index in [9.17, 15) is 4.79 Å². The van der Waals surface area contributed by atoms with E-state index in [0.717, 1.165) is 25.9 Å². The van der Waals surface area contributed by atoms with Crippen molar-refractivity contribution in [3.8, 4) is 5.75 Å². The van der Waals surface area contributed by atoms with Crippen molar-refractivity contribution in [1.82, 2.24) is 5.32 Å². The average Bonchev–Trinajstić information content (AvgIpc) is 2.48. The molecule has 2 unspecified atom stereocenters. The summed E-state index contributed by atoms with van der Waals surface area (Å²) in [6.07, 6.45) is 3.54. The highest BCUT2D eigenvalue weighted by Gasteiger charge is 2.19. The maximum Gasteiger partial charge on any atom is 0.255 e. The number of carbonyl (C=O) groups excluding carboxylic acids is 1. The van der Waals surface area contributed by atoms with Crippen LogP contribution >= 0.6 is 0 Å². The third-order valence-corrected chi connectivity index (χ3v) is 3.86. The minimum atomic E-state index is -0.0563. The van der Waals surface area contributed by atoms with Crippen molar-refractivity contribution in [3.63, 3.8) is 0 Å². The van der Waals surface area contributed by atoms with Gasteiger partial charge in [0.05, 0.1) is 18.3 Å². The number of hydrogen-bond donors (Lipinski definition) is 1. The van der Waals surface area contributed by atoms with Crippen LogP contribution in [0.15, 0.2) is 24.3 Å². The van der Waals surface area contributed by atoms with Crippen molar-refractivity contribution in [2.75, 3.05) is 19.8 Å². The lowest BCUT2D eigenvalue weighted by atomic mass is 9.93. The van der Waals surface area contributed by atoms with Crippen molar-refractivity contribution in [3.05, 3.63) is 29.8 Å². The van der Waals surface area contributed by atoms with Crippen LogP contribution in [0.4, 0.5) is 0 Å².